The van der Waals surface area contributed by atoms with E-state index in [1.54, 1.807) is 6.92 Å². The molecule has 0 amide bonds. The third-order valence-corrected chi connectivity index (χ3v) is 3.48. The van der Waals surface area contributed by atoms with Crippen LogP contribution >= 0.6 is 0 Å². The van der Waals surface area contributed by atoms with E-state index in [4.69, 9.17) is 10.5 Å². The lowest BCUT2D eigenvalue weighted by Crippen LogP contribution is -2.23. The van der Waals surface area contributed by atoms with Crippen molar-refractivity contribution in [2.45, 2.75) is 26.7 Å². The van der Waals surface area contributed by atoms with Gasteiger partial charge in [-0.25, -0.2) is 0 Å². The molecule has 0 saturated carbocycles. The van der Waals surface area contributed by atoms with Crippen molar-refractivity contribution in [3.63, 3.8) is 0 Å². The van der Waals surface area contributed by atoms with Crippen molar-refractivity contribution in [3.8, 4) is 6.07 Å². The van der Waals surface area contributed by atoms with Crippen LogP contribution in [0.3, 0.4) is 0 Å². The summed E-state index contributed by atoms with van der Waals surface area (Å²) in [6, 6.07) is 9.74. The predicted molar refractivity (Wildman–Crippen MR) is 75.2 cm³/mol. The summed E-state index contributed by atoms with van der Waals surface area (Å²) in [5.74, 6) is -0.0334. The standard InChI is InChI=1S/C16H16N2O2/c1-9-6-4-5-7-12(9)15-13(8-17)16(18)20-11(3)14(15)10(2)19/h4-7,15H,18H2,1-3H3/t15-/m0/s1. The molecule has 0 unspecified atom stereocenters. The van der Waals surface area contributed by atoms with Crippen molar-refractivity contribution in [1.82, 2.24) is 0 Å². The summed E-state index contributed by atoms with van der Waals surface area (Å²) in [6.07, 6.45) is 0. The number of nitrogens with two attached hydrogens (primary N) is 1. The smallest absolute Gasteiger partial charge is 0.205 e. The first-order valence-corrected chi connectivity index (χ1v) is 6.32. The summed E-state index contributed by atoms with van der Waals surface area (Å²) in [6.45, 7) is 5.12. The molecule has 0 saturated heterocycles. The molecule has 1 atom stereocenters. The van der Waals surface area contributed by atoms with Gasteiger partial charge in [-0.3, -0.25) is 4.79 Å². The highest BCUT2D eigenvalue weighted by Gasteiger charge is 2.34. The Morgan fingerprint density at radius 1 is 1.35 bits per heavy atom. The Balaban J connectivity index is 2.71. The van der Waals surface area contributed by atoms with Gasteiger partial charge >= 0.3 is 0 Å². The van der Waals surface area contributed by atoms with Crippen molar-refractivity contribution >= 4 is 5.78 Å². The molecular formula is C16H16N2O2. The maximum atomic E-state index is 12.0. The number of allylic oxidation sites excluding steroid dienone is 3. The molecule has 1 aromatic rings. The number of aryl methyl sites for hydroxylation is 1. The fourth-order valence-corrected chi connectivity index (χ4v) is 2.56. The molecule has 0 spiro atoms. The Hall–Kier alpha value is -2.54. The van der Waals surface area contributed by atoms with Gasteiger partial charge in [0.25, 0.3) is 0 Å². The molecule has 1 aliphatic rings. The van der Waals surface area contributed by atoms with Gasteiger partial charge in [-0.2, -0.15) is 5.26 Å². The summed E-state index contributed by atoms with van der Waals surface area (Å²) in [4.78, 5) is 12.0. The summed E-state index contributed by atoms with van der Waals surface area (Å²) in [7, 11) is 0. The van der Waals surface area contributed by atoms with Crippen LogP contribution in [0.2, 0.25) is 0 Å². The molecule has 0 radical (unpaired) electrons. The van der Waals surface area contributed by atoms with Gasteiger partial charge in [0.2, 0.25) is 5.88 Å². The Morgan fingerprint density at radius 2 is 2.00 bits per heavy atom. The van der Waals surface area contributed by atoms with Crippen molar-refractivity contribution in [3.05, 3.63) is 58.2 Å². The van der Waals surface area contributed by atoms with Crippen LogP contribution < -0.4 is 5.73 Å². The van der Waals surface area contributed by atoms with E-state index in [1.807, 2.05) is 31.2 Å². The molecule has 102 valence electrons. The lowest BCUT2D eigenvalue weighted by atomic mass is 9.80. The van der Waals surface area contributed by atoms with Gasteiger partial charge in [-0.15, -0.1) is 0 Å². The fraction of sp³-hybridized carbons (Fsp3) is 0.250. The summed E-state index contributed by atoms with van der Waals surface area (Å²) in [5, 5.41) is 9.37. The van der Waals surface area contributed by atoms with Crippen LogP contribution in [0.25, 0.3) is 0 Å². The highest BCUT2D eigenvalue weighted by molar-refractivity contribution is 5.96. The molecule has 0 aliphatic carbocycles. The van der Waals surface area contributed by atoms with Crippen molar-refractivity contribution in [1.29, 1.82) is 5.26 Å². The molecule has 1 aliphatic heterocycles. The maximum Gasteiger partial charge on any atom is 0.205 e. The zero-order valence-corrected chi connectivity index (χ0v) is 11.7. The number of Topliss-reactive ketones (excluding diaryl/α,β-unsaturated/α-hetero) is 1. The van der Waals surface area contributed by atoms with Gasteiger partial charge in [0.1, 0.15) is 17.4 Å². The number of nitrogens with zero attached hydrogens (tertiary/aromatic N) is 1. The van der Waals surface area contributed by atoms with E-state index in [0.717, 1.165) is 11.1 Å². The largest absolute Gasteiger partial charge is 0.445 e. The molecule has 1 aromatic carbocycles. The van der Waals surface area contributed by atoms with Crippen LogP contribution in [0, 0.1) is 18.3 Å². The van der Waals surface area contributed by atoms with Gasteiger partial charge in [0.15, 0.2) is 5.78 Å². The first kappa shape index (κ1) is 13.9. The number of benzene rings is 1. The van der Waals surface area contributed by atoms with Crippen LogP contribution in [0.4, 0.5) is 0 Å². The number of nitriles is 1. The minimum absolute atomic E-state index is 0.0725. The highest BCUT2D eigenvalue weighted by Crippen LogP contribution is 2.40. The Morgan fingerprint density at radius 3 is 2.55 bits per heavy atom. The number of carbonyl (C=O) groups is 1. The van der Waals surface area contributed by atoms with Crippen molar-refractivity contribution < 1.29 is 9.53 Å². The molecule has 4 nitrogen and oxygen atoms in total. The van der Waals surface area contributed by atoms with Gasteiger partial charge < -0.3 is 10.5 Å². The first-order chi connectivity index (χ1) is 9.47. The zero-order chi connectivity index (χ0) is 14.9. The Kier molecular flexibility index (Phi) is 3.62. The molecule has 1 heterocycles. The van der Waals surface area contributed by atoms with Gasteiger partial charge in [0.05, 0.1) is 5.92 Å². The van der Waals surface area contributed by atoms with Crippen molar-refractivity contribution in [2.75, 3.05) is 0 Å². The van der Waals surface area contributed by atoms with E-state index >= 15 is 0 Å². The van der Waals surface area contributed by atoms with Gasteiger partial charge in [0, 0.05) is 5.57 Å². The normalized spacial score (nSPS) is 18.6. The molecule has 0 fully saturated rings. The number of ether oxygens (including phenoxy) is 1. The van der Waals surface area contributed by atoms with Crippen LogP contribution in [-0.2, 0) is 9.53 Å². The van der Waals surface area contributed by atoms with Crippen LogP contribution in [0.5, 0.6) is 0 Å². The zero-order valence-electron chi connectivity index (χ0n) is 11.7. The number of carbonyl (C=O) groups excluding carboxylic acids is 1. The SMILES string of the molecule is CC(=O)C1=C(C)OC(N)=C(C#N)[C@@H]1c1ccccc1C. The molecule has 20 heavy (non-hydrogen) atoms. The first-order valence-electron chi connectivity index (χ1n) is 6.32. The lowest BCUT2D eigenvalue weighted by molar-refractivity contribution is -0.114. The lowest BCUT2D eigenvalue weighted by Gasteiger charge is -2.27. The van der Waals surface area contributed by atoms with Crippen LogP contribution in [0.15, 0.2) is 47.1 Å². The monoisotopic (exact) mass is 268 g/mol. The summed E-state index contributed by atoms with van der Waals surface area (Å²) in [5.41, 5.74) is 8.50. The Labute approximate surface area is 118 Å². The van der Waals surface area contributed by atoms with E-state index in [-0.39, 0.29) is 17.2 Å². The second-order valence-corrected chi connectivity index (χ2v) is 4.81. The minimum Gasteiger partial charge on any atom is -0.445 e. The fourth-order valence-electron chi connectivity index (χ4n) is 2.56. The average Bonchev–Trinajstić information content (AvgIpc) is 2.38. The second kappa shape index (κ2) is 5.22. The predicted octanol–water partition coefficient (Wildman–Crippen LogP) is 2.67. The number of hydrogen-bond donors (Lipinski definition) is 1. The maximum absolute atomic E-state index is 12.0. The van der Waals surface area contributed by atoms with E-state index in [1.165, 1.54) is 6.92 Å². The quantitative estimate of drug-likeness (QED) is 0.894. The summed E-state index contributed by atoms with van der Waals surface area (Å²) >= 11 is 0. The number of rotatable bonds is 2. The van der Waals surface area contributed by atoms with Crippen molar-refractivity contribution in [2.24, 2.45) is 5.73 Å². The van der Waals surface area contributed by atoms with E-state index in [0.29, 0.717) is 11.3 Å². The minimum atomic E-state index is -0.451. The second-order valence-electron chi connectivity index (χ2n) is 4.81. The molecule has 0 bridgehead atoms. The van der Waals surface area contributed by atoms with E-state index in [9.17, 15) is 10.1 Å². The van der Waals surface area contributed by atoms with E-state index < -0.39 is 5.92 Å². The molecule has 0 aromatic heterocycles. The number of ketones is 1. The van der Waals surface area contributed by atoms with Gasteiger partial charge in [-0.05, 0) is 31.9 Å². The molecule has 2 N–H and O–H groups in total. The third-order valence-electron chi connectivity index (χ3n) is 3.48. The molecule has 2 rings (SSSR count). The topological polar surface area (TPSA) is 76.1 Å². The van der Waals surface area contributed by atoms with Crippen LogP contribution in [-0.4, -0.2) is 5.78 Å². The number of hydrogen-bond acceptors (Lipinski definition) is 4. The third kappa shape index (κ3) is 2.19. The summed E-state index contributed by atoms with van der Waals surface area (Å²) < 4.78 is 5.35. The average molecular weight is 268 g/mol. The molecule has 4 heteroatoms. The van der Waals surface area contributed by atoms with Crippen LogP contribution in [0.1, 0.15) is 30.9 Å². The molecular weight excluding hydrogens is 252 g/mol. The van der Waals surface area contributed by atoms with Gasteiger partial charge in [-0.1, -0.05) is 24.3 Å². The van der Waals surface area contributed by atoms with E-state index in [2.05, 4.69) is 6.07 Å². The Bertz CT molecular complexity index is 678. The highest BCUT2D eigenvalue weighted by atomic mass is 16.5.